The number of pyridine rings is 2. The van der Waals surface area contributed by atoms with Crippen LogP contribution in [0.3, 0.4) is 0 Å². The van der Waals surface area contributed by atoms with Crippen LogP contribution in [0.5, 0.6) is 28.7 Å². The number of aryl methyl sites for hydroxylation is 1. The molecule has 19 nitrogen and oxygen atoms in total. The first-order chi connectivity index (χ1) is 36.0. The molecule has 3 aromatic heterocycles. The van der Waals surface area contributed by atoms with E-state index >= 15 is 0 Å². The molecule has 388 valence electrons. The van der Waals surface area contributed by atoms with Crippen LogP contribution in [0.1, 0.15) is 110 Å². The number of piperidine rings is 1. The van der Waals surface area contributed by atoms with Crippen LogP contribution in [0.2, 0.25) is 0 Å². The first-order valence-electron chi connectivity index (χ1n) is 25.2. The molecule has 2 atom stereocenters. The van der Waals surface area contributed by atoms with Crippen molar-refractivity contribution in [1.29, 1.82) is 0 Å². The largest absolute Gasteiger partial charge is 0.508 e. The number of fused-ring (bicyclic) bond motifs is 5. The van der Waals surface area contributed by atoms with E-state index in [4.69, 9.17) is 19.2 Å². The van der Waals surface area contributed by atoms with Crippen LogP contribution in [0.15, 0.2) is 89.7 Å². The Labute approximate surface area is 431 Å². The molecule has 0 bridgehead atoms. The smallest absolute Gasteiger partial charge is 0.415 e. The Morgan fingerprint density at radius 2 is 1.59 bits per heavy atom. The molecule has 0 spiro atoms. The van der Waals surface area contributed by atoms with Crippen molar-refractivity contribution in [2.24, 2.45) is 0 Å². The molecule has 3 aliphatic heterocycles. The van der Waals surface area contributed by atoms with Crippen LogP contribution >= 0.6 is 0 Å². The predicted molar refractivity (Wildman–Crippen MR) is 276 cm³/mol. The van der Waals surface area contributed by atoms with E-state index in [2.05, 4.69) is 15.5 Å². The molecule has 19 heteroatoms. The summed E-state index contributed by atoms with van der Waals surface area (Å²) in [7, 11) is 1.71. The second kappa shape index (κ2) is 20.0. The summed E-state index contributed by atoms with van der Waals surface area (Å²) in [4.78, 5) is 61.7. The number of phenols is 2. The van der Waals surface area contributed by atoms with E-state index in [1.54, 1.807) is 114 Å². The summed E-state index contributed by atoms with van der Waals surface area (Å²) < 4.78 is 20.5. The van der Waals surface area contributed by atoms with Crippen molar-refractivity contribution < 1.29 is 49.0 Å². The van der Waals surface area contributed by atoms with Crippen molar-refractivity contribution in [3.05, 3.63) is 134 Å². The average molecular weight is 1020 g/mol. The molecular formula is C56H58N8O11. The first-order valence-corrected chi connectivity index (χ1v) is 25.2. The number of rotatable bonds is 13. The fraction of sp³-hybridized carbons (Fsp3) is 0.339. The van der Waals surface area contributed by atoms with Gasteiger partial charge < -0.3 is 49.4 Å². The van der Waals surface area contributed by atoms with Gasteiger partial charge in [0.15, 0.2) is 11.4 Å². The van der Waals surface area contributed by atoms with Gasteiger partial charge in [0.05, 0.1) is 34.6 Å². The highest BCUT2D eigenvalue weighted by molar-refractivity contribution is 5.93. The molecular weight excluding hydrogens is 961 g/mol. The molecule has 75 heavy (non-hydrogen) atoms. The average Bonchev–Trinajstić information content (AvgIpc) is 4.04. The number of aromatic hydroxyl groups is 2. The molecule has 10 rings (SSSR count). The van der Waals surface area contributed by atoms with E-state index < -0.39 is 29.8 Å². The number of ether oxygens (including phenoxy) is 3. The topological polar surface area (TPSA) is 244 Å². The number of nitrogens with one attached hydrogen (secondary N) is 1. The number of carbonyl (C=O) groups excluding carboxylic acids is 3. The van der Waals surface area contributed by atoms with Crippen molar-refractivity contribution in [3.63, 3.8) is 0 Å². The highest BCUT2D eigenvalue weighted by Gasteiger charge is 2.45. The molecule has 6 heterocycles. The molecule has 2 amide bonds. The van der Waals surface area contributed by atoms with Gasteiger partial charge in [-0.1, -0.05) is 39.8 Å². The summed E-state index contributed by atoms with van der Waals surface area (Å²) in [5.74, 6) is 0.0449. The van der Waals surface area contributed by atoms with Crippen LogP contribution < -0.4 is 20.3 Å². The van der Waals surface area contributed by atoms with E-state index in [0.29, 0.717) is 95.4 Å². The second-order valence-corrected chi connectivity index (χ2v) is 19.5. The van der Waals surface area contributed by atoms with Crippen LogP contribution in [-0.2, 0) is 34.7 Å². The Kier molecular flexibility index (Phi) is 13.4. The number of aromatic nitrogens is 5. The number of benzene rings is 4. The Morgan fingerprint density at radius 1 is 0.893 bits per heavy atom. The van der Waals surface area contributed by atoms with Crippen molar-refractivity contribution >= 4 is 28.9 Å². The molecule has 7 aromatic rings. The van der Waals surface area contributed by atoms with Gasteiger partial charge in [-0.25, -0.2) is 14.6 Å². The highest BCUT2D eigenvalue weighted by atomic mass is 16.6. The number of likely N-dealkylation sites (tertiary alicyclic amines) is 1. The third-order valence-corrected chi connectivity index (χ3v) is 14.7. The van der Waals surface area contributed by atoms with Gasteiger partial charge in [0.2, 0.25) is 5.82 Å². The van der Waals surface area contributed by atoms with Gasteiger partial charge >= 0.3 is 12.1 Å². The van der Waals surface area contributed by atoms with Crippen molar-refractivity contribution in [2.45, 2.75) is 97.2 Å². The Morgan fingerprint density at radius 3 is 2.25 bits per heavy atom. The van der Waals surface area contributed by atoms with E-state index in [-0.39, 0.29) is 71.4 Å². The molecule has 1 fully saturated rings. The minimum absolute atomic E-state index is 0.0119. The predicted octanol–water partition coefficient (Wildman–Crippen LogP) is 7.55. The van der Waals surface area contributed by atoms with E-state index in [1.807, 2.05) is 25.7 Å². The summed E-state index contributed by atoms with van der Waals surface area (Å²) in [6.07, 6.45) is 0.445. The quantitative estimate of drug-likeness (QED) is 0.0700. The molecule has 0 radical (unpaired) electrons. The standard InChI is InChI=1S/C56H58N8O11/c1-7-37-39-24-36(18-19-44(39)58-48-41(37)28-63-45(48)26-43-42(53(63)69)29-73-54(70)56(43,72)8-2)75-55(71)61(6)32-20-22-62(23-21-32)52(68)31-10-14-34(15-11-31)74-35-16-12-33(13-17-35)64-49(59-60-50(64)51(67)57-9-3)40-25-38(30(4)5)46(65)27-47(40)66/h10-19,24-27,30,32,52,65-66,68,72H,7-9,20-23,28-29H2,1-6H3,(H,57,67). The normalized spacial score (nSPS) is 16.8. The highest BCUT2D eigenvalue weighted by Crippen LogP contribution is 2.42. The van der Waals surface area contributed by atoms with E-state index in [0.717, 1.165) is 16.5 Å². The lowest BCUT2D eigenvalue weighted by Gasteiger charge is -2.38. The zero-order valence-electron chi connectivity index (χ0n) is 42.5. The molecule has 4 aromatic carbocycles. The number of amides is 2. The van der Waals surface area contributed by atoms with Gasteiger partial charge in [-0.05, 0) is 122 Å². The number of nitrogens with zero attached hydrogens (tertiary/aromatic N) is 7. The second-order valence-electron chi connectivity index (χ2n) is 19.5. The number of esters is 1. The molecule has 5 N–H and O–H groups in total. The van der Waals surface area contributed by atoms with Gasteiger partial charge in [0.1, 0.15) is 41.6 Å². The van der Waals surface area contributed by atoms with Crippen LogP contribution in [-0.4, -0.2) is 105 Å². The van der Waals surface area contributed by atoms with Gasteiger partial charge in [0, 0.05) is 61.0 Å². The summed E-state index contributed by atoms with van der Waals surface area (Å²) >= 11 is 0. The molecule has 1 saturated heterocycles. The van der Waals surface area contributed by atoms with E-state index in [9.17, 15) is 39.6 Å². The third-order valence-electron chi connectivity index (χ3n) is 14.7. The number of aliphatic hydroxyl groups is 2. The lowest BCUT2D eigenvalue weighted by Crippen LogP contribution is -2.47. The van der Waals surface area contributed by atoms with Crippen LogP contribution in [0.25, 0.3) is 39.4 Å². The number of carbonyl (C=O) groups is 3. The van der Waals surface area contributed by atoms with Gasteiger partial charge in [0.25, 0.3) is 11.5 Å². The number of hydrogen-bond acceptors (Lipinski definition) is 15. The Hall–Kier alpha value is -8.13. The third kappa shape index (κ3) is 8.99. The lowest BCUT2D eigenvalue weighted by molar-refractivity contribution is -0.172. The first kappa shape index (κ1) is 50.4. The van der Waals surface area contributed by atoms with Gasteiger partial charge in [-0.15, -0.1) is 10.2 Å². The Bertz CT molecular complexity index is 3460. The Balaban J connectivity index is 0.768. The van der Waals surface area contributed by atoms with E-state index in [1.165, 1.54) is 6.07 Å². The summed E-state index contributed by atoms with van der Waals surface area (Å²) in [5.41, 5.74) is 3.94. The lowest BCUT2D eigenvalue weighted by atomic mass is 9.86. The maximum atomic E-state index is 13.8. The SMILES string of the molecule is CCNC(=O)c1nnc(-c2cc(C(C)C)c(O)cc2O)n1-c1ccc(Oc2ccc(C(O)N3CCC(N(C)C(=O)Oc4ccc5nc6c(c(CC)c5c4)Cn4c-6cc5c(c4=O)COC(=O)C5(O)CC)CC3)cc2)cc1. The maximum Gasteiger partial charge on any atom is 0.415 e. The fourth-order valence-corrected chi connectivity index (χ4v) is 10.5. The molecule has 2 unspecified atom stereocenters. The maximum absolute atomic E-state index is 13.8. The zero-order valence-corrected chi connectivity index (χ0v) is 42.5. The van der Waals surface area contributed by atoms with Gasteiger partial charge in [-0.3, -0.25) is 19.1 Å². The van der Waals surface area contributed by atoms with Gasteiger partial charge in [-0.2, -0.15) is 0 Å². The number of cyclic esters (lactones) is 1. The number of phenolic OH excluding ortho intramolecular Hbond substituents is 2. The molecule has 0 aliphatic carbocycles. The van der Waals surface area contributed by atoms with Crippen molar-refractivity contribution in [2.75, 3.05) is 26.7 Å². The number of hydrogen-bond donors (Lipinski definition) is 5. The summed E-state index contributed by atoms with van der Waals surface area (Å²) in [6.45, 7) is 10.8. The fourth-order valence-electron chi connectivity index (χ4n) is 10.5. The summed E-state index contributed by atoms with van der Waals surface area (Å²) in [5, 5.41) is 56.1. The van der Waals surface area contributed by atoms with Crippen molar-refractivity contribution in [1.82, 2.24) is 39.4 Å². The molecule has 3 aliphatic rings. The zero-order chi connectivity index (χ0) is 53.0. The summed E-state index contributed by atoms with van der Waals surface area (Å²) in [6, 6.07) is 23.8. The van der Waals surface area contributed by atoms with Crippen molar-refractivity contribution in [3.8, 4) is 57.2 Å². The minimum Gasteiger partial charge on any atom is -0.508 e. The molecule has 0 saturated carbocycles. The van der Waals surface area contributed by atoms with Crippen LogP contribution in [0, 0.1) is 0 Å². The minimum atomic E-state index is -1.92. The number of aliphatic hydroxyl groups excluding tert-OH is 1. The monoisotopic (exact) mass is 1020 g/mol. The van der Waals surface area contributed by atoms with Crippen LogP contribution in [0.4, 0.5) is 4.79 Å².